The van der Waals surface area contributed by atoms with Gasteiger partial charge in [0.05, 0.1) is 28.7 Å². The number of amides is 1. The molecule has 0 N–H and O–H groups in total. The molecule has 1 aromatic heterocycles. The first-order valence-electron chi connectivity index (χ1n) is 12.6. The van der Waals surface area contributed by atoms with Crippen LogP contribution in [-0.2, 0) is 17.5 Å². The van der Waals surface area contributed by atoms with Gasteiger partial charge < -0.3 is 4.90 Å². The van der Waals surface area contributed by atoms with Crippen LogP contribution in [0.5, 0.6) is 0 Å². The molecule has 6 rings (SSSR count). The van der Waals surface area contributed by atoms with Crippen molar-refractivity contribution in [2.75, 3.05) is 26.2 Å². The van der Waals surface area contributed by atoms with Crippen molar-refractivity contribution in [3.8, 4) is 0 Å². The van der Waals surface area contributed by atoms with E-state index in [9.17, 15) is 26.7 Å². The number of piperazine rings is 1. The highest BCUT2D eigenvalue weighted by Gasteiger charge is 2.34. The Morgan fingerprint density at radius 3 is 2.51 bits per heavy atom. The van der Waals surface area contributed by atoms with Crippen LogP contribution in [0.3, 0.4) is 0 Å². The molecule has 2 aliphatic heterocycles. The lowest BCUT2D eigenvalue weighted by Crippen LogP contribution is -2.48. The predicted octanol–water partition coefficient (Wildman–Crippen LogP) is 5.79. The van der Waals surface area contributed by atoms with E-state index in [1.807, 2.05) is 6.07 Å². The number of carbonyl (C=O) groups is 1. The second-order valence-electron chi connectivity index (χ2n) is 9.90. The molecule has 0 bridgehead atoms. The molecule has 3 aliphatic rings. The smallest absolute Gasteiger partial charge is 0.348 e. The third-order valence-corrected chi connectivity index (χ3v) is 8.29. The third-order valence-electron chi connectivity index (χ3n) is 7.25. The van der Waals surface area contributed by atoms with Crippen LogP contribution in [0.4, 0.5) is 22.0 Å². The highest BCUT2D eigenvalue weighted by Crippen LogP contribution is 2.35. The van der Waals surface area contributed by atoms with E-state index in [4.69, 9.17) is 0 Å². The van der Waals surface area contributed by atoms with Crippen molar-refractivity contribution in [1.29, 1.82) is 0 Å². The Morgan fingerprint density at radius 1 is 1.05 bits per heavy atom. The molecule has 3 aromatic rings. The Balaban J connectivity index is 1.17. The highest BCUT2D eigenvalue weighted by molar-refractivity contribution is 8.18. The zero-order valence-corrected chi connectivity index (χ0v) is 21.5. The van der Waals surface area contributed by atoms with Gasteiger partial charge in [-0.05, 0) is 66.1 Å². The van der Waals surface area contributed by atoms with E-state index in [0.717, 1.165) is 55.1 Å². The van der Waals surface area contributed by atoms with E-state index in [2.05, 4.69) is 19.9 Å². The summed E-state index contributed by atoms with van der Waals surface area (Å²) in [5.74, 6) is -0.280. The first-order valence-corrected chi connectivity index (χ1v) is 13.4. The molecule has 0 radical (unpaired) electrons. The number of aromatic nitrogens is 2. The average molecular weight is 562 g/mol. The molecule has 6 nitrogen and oxygen atoms in total. The van der Waals surface area contributed by atoms with Crippen LogP contribution in [0.15, 0.2) is 52.5 Å². The van der Waals surface area contributed by atoms with E-state index < -0.39 is 23.7 Å². The summed E-state index contributed by atoms with van der Waals surface area (Å²) in [6, 6.07) is 8.46. The summed E-state index contributed by atoms with van der Waals surface area (Å²) in [5.41, 5.74) is -0.332. The van der Waals surface area contributed by atoms with Gasteiger partial charge in [-0.3, -0.25) is 14.4 Å². The molecule has 0 spiro atoms. The minimum atomic E-state index is -4.71. The van der Waals surface area contributed by atoms with E-state index >= 15 is 0 Å². The number of amidine groups is 1. The molecule has 2 aromatic carbocycles. The van der Waals surface area contributed by atoms with E-state index in [0.29, 0.717) is 21.9 Å². The minimum absolute atomic E-state index is 0.0600. The topological polar surface area (TPSA) is 53.7 Å². The maximum absolute atomic E-state index is 13.6. The predicted molar refractivity (Wildman–Crippen MR) is 139 cm³/mol. The first-order chi connectivity index (χ1) is 18.7. The Labute approximate surface area is 225 Å². The quantitative estimate of drug-likeness (QED) is 0.292. The molecule has 1 saturated heterocycles. The van der Waals surface area contributed by atoms with Crippen LogP contribution >= 0.6 is 11.8 Å². The number of nitrogens with zero attached hydrogens (tertiary/aromatic N) is 5. The third kappa shape index (κ3) is 5.44. The number of aliphatic imine (C=N–C) groups is 1. The van der Waals surface area contributed by atoms with Crippen molar-refractivity contribution in [3.05, 3.63) is 69.8 Å². The number of benzene rings is 2. The first kappa shape index (κ1) is 26.0. The Kier molecular flexibility index (Phi) is 6.70. The van der Waals surface area contributed by atoms with Gasteiger partial charge in [-0.2, -0.15) is 23.3 Å². The number of hydrogen-bond donors (Lipinski definition) is 0. The zero-order valence-electron chi connectivity index (χ0n) is 20.7. The molecule has 1 amide bonds. The molecule has 1 saturated carbocycles. The van der Waals surface area contributed by atoms with Crippen molar-refractivity contribution >= 4 is 39.8 Å². The molecule has 204 valence electrons. The molecule has 2 fully saturated rings. The summed E-state index contributed by atoms with van der Waals surface area (Å²) in [6.45, 7) is 3.54. The lowest BCUT2D eigenvalue weighted by atomic mass is 10.0. The molecular weight excluding hydrogens is 537 g/mol. The Morgan fingerprint density at radius 2 is 1.82 bits per heavy atom. The molecule has 1 aliphatic carbocycles. The van der Waals surface area contributed by atoms with Gasteiger partial charge in [0.15, 0.2) is 5.17 Å². The van der Waals surface area contributed by atoms with Gasteiger partial charge >= 0.3 is 6.18 Å². The van der Waals surface area contributed by atoms with Crippen molar-refractivity contribution in [3.63, 3.8) is 0 Å². The summed E-state index contributed by atoms with van der Waals surface area (Å²) < 4.78 is 67.6. The molecular formula is C27H24F5N5OS. The van der Waals surface area contributed by atoms with Crippen LogP contribution in [0.2, 0.25) is 0 Å². The maximum Gasteiger partial charge on any atom is 0.416 e. The van der Waals surface area contributed by atoms with Crippen LogP contribution in [-0.4, -0.2) is 62.9 Å². The van der Waals surface area contributed by atoms with E-state index in [-0.39, 0.29) is 18.0 Å². The number of rotatable bonds is 5. The Hall–Kier alpha value is -3.25. The van der Waals surface area contributed by atoms with E-state index in [1.54, 1.807) is 24.4 Å². The van der Waals surface area contributed by atoms with Crippen molar-refractivity contribution in [1.82, 2.24) is 19.6 Å². The monoisotopic (exact) mass is 561 g/mol. The van der Waals surface area contributed by atoms with Crippen molar-refractivity contribution < 1.29 is 26.7 Å². The number of thioether (sulfide) groups is 1. The van der Waals surface area contributed by atoms with Crippen molar-refractivity contribution in [2.45, 2.75) is 38.0 Å². The molecule has 39 heavy (non-hydrogen) atoms. The van der Waals surface area contributed by atoms with Crippen LogP contribution in [0, 0.1) is 0 Å². The van der Waals surface area contributed by atoms with Gasteiger partial charge in [0.1, 0.15) is 0 Å². The summed E-state index contributed by atoms with van der Waals surface area (Å²) in [4.78, 5) is 22.0. The number of halogens is 5. The van der Waals surface area contributed by atoms with E-state index in [1.165, 1.54) is 29.3 Å². The van der Waals surface area contributed by atoms with Gasteiger partial charge in [-0.1, -0.05) is 12.1 Å². The van der Waals surface area contributed by atoms with Crippen LogP contribution in [0.25, 0.3) is 17.0 Å². The average Bonchev–Trinajstić information content (AvgIpc) is 3.59. The summed E-state index contributed by atoms with van der Waals surface area (Å²) in [5, 5.41) is 5.70. The SMILES string of the molecule is O=C1N=C(N2CCN(C3CC3)CC2)SC1=Cc1ccc2c(cnn2Cc2ccc(C(F)(F)F)cc2C(F)F)c1. The Bertz CT molecular complexity index is 1490. The standard InChI is InChI=1S/C27H24F5N5OS/c28-24(29)21-13-19(27(30,31)32)3-2-17(21)15-37-22-6-1-16(11-18(22)14-33-37)12-23-25(38)34-26(39-23)36-9-7-35(8-10-36)20-4-5-20/h1-3,6,11-14,20,24H,4-5,7-10,15H2. The summed E-state index contributed by atoms with van der Waals surface area (Å²) in [7, 11) is 0. The fourth-order valence-corrected chi connectivity index (χ4v) is 5.97. The van der Waals surface area contributed by atoms with Gasteiger partial charge in [0, 0.05) is 43.2 Å². The molecule has 3 heterocycles. The van der Waals surface area contributed by atoms with Gasteiger partial charge in [0.2, 0.25) is 0 Å². The molecule has 0 atom stereocenters. The number of carbonyl (C=O) groups excluding carboxylic acids is 1. The zero-order chi connectivity index (χ0) is 27.3. The van der Waals surface area contributed by atoms with Gasteiger partial charge in [0.25, 0.3) is 12.3 Å². The minimum Gasteiger partial charge on any atom is -0.348 e. The molecule has 0 unspecified atom stereocenters. The normalized spacial score (nSPS) is 20.1. The second kappa shape index (κ2) is 10.1. The maximum atomic E-state index is 13.6. The number of alkyl halides is 5. The fraction of sp³-hybridized carbons (Fsp3) is 0.370. The van der Waals surface area contributed by atoms with Crippen molar-refractivity contribution in [2.24, 2.45) is 4.99 Å². The summed E-state index contributed by atoms with van der Waals surface area (Å²) in [6.07, 6.45) is -1.88. The van der Waals surface area contributed by atoms with Crippen LogP contribution < -0.4 is 0 Å². The van der Waals surface area contributed by atoms with Gasteiger partial charge in [-0.25, -0.2) is 8.78 Å². The number of hydrogen-bond acceptors (Lipinski definition) is 5. The van der Waals surface area contributed by atoms with Crippen LogP contribution in [0.1, 0.15) is 41.5 Å². The largest absolute Gasteiger partial charge is 0.416 e. The number of fused-ring (bicyclic) bond motifs is 1. The van der Waals surface area contributed by atoms with Gasteiger partial charge in [-0.15, -0.1) is 0 Å². The lowest BCUT2D eigenvalue weighted by molar-refractivity contribution is -0.137. The molecule has 12 heteroatoms. The second-order valence-corrected chi connectivity index (χ2v) is 10.9. The fourth-order valence-electron chi connectivity index (χ4n) is 5.00. The highest BCUT2D eigenvalue weighted by atomic mass is 32.2. The summed E-state index contributed by atoms with van der Waals surface area (Å²) >= 11 is 1.36. The lowest BCUT2D eigenvalue weighted by Gasteiger charge is -2.35.